The third kappa shape index (κ3) is 4.63. The first-order valence-corrected chi connectivity index (χ1v) is 7.24. The van der Waals surface area contributed by atoms with E-state index in [1.165, 1.54) is 25.7 Å². The molecule has 0 saturated heterocycles. The van der Waals surface area contributed by atoms with Gasteiger partial charge in [-0.15, -0.1) is 0 Å². The molecule has 1 aromatic rings. The number of ketones is 1. The molecule has 0 bridgehead atoms. The highest BCUT2D eigenvalue weighted by atomic mass is 79.9. The van der Waals surface area contributed by atoms with Crippen LogP contribution in [-0.2, 0) is 0 Å². The average Bonchev–Trinajstić information content (AvgIpc) is 2.32. The normalized spacial score (nSPS) is 10.5. The van der Waals surface area contributed by atoms with Crippen LogP contribution in [0.15, 0.2) is 22.7 Å². The van der Waals surface area contributed by atoms with E-state index in [9.17, 15) is 4.79 Å². The third-order valence-corrected chi connectivity index (χ3v) is 3.93. The van der Waals surface area contributed by atoms with Gasteiger partial charge >= 0.3 is 0 Å². The number of hydrogen-bond acceptors (Lipinski definition) is 1. The lowest BCUT2D eigenvalue weighted by atomic mass is 10.00. The van der Waals surface area contributed by atoms with Gasteiger partial charge in [-0.1, -0.05) is 60.7 Å². The van der Waals surface area contributed by atoms with Gasteiger partial charge in [0.05, 0.1) is 0 Å². The van der Waals surface area contributed by atoms with Gasteiger partial charge in [-0.25, -0.2) is 0 Å². The Morgan fingerprint density at radius 3 is 2.59 bits per heavy atom. The lowest BCUT2D eigenvalue weighted by Crippen LogP contribution is -2.02. The molecule has 94 valence electrons. The number of rotatable bonds is 7. The van der Waals surface area contributed by atoms with Gasteiger partial charge in [-0.2, -0.15) is 0 Å². The second-order valence-corrected chi connectivity index (χ2v) is 5.35. The van der Waals surface area contributed by atoms with E-state index in [0.29, 0.717) is 6.42 Å². The smallest absolute Gasteiger partial charge is 0.163 e. The lowest BCUT2D eigenvalue weighted by Gasteiger charge is -2.06. The molecule has 0 radical (unpaired) electrons. The van der Waals surface area contributed by atoms with Crippen LogP contribution in [0.4, 0.5) is 0 Å². The number of hydrogen-bond donors (Lipinski definition) is 0. The Morgan fingerprint density at radius 2 is 1.88 bits per heavy atom. The van der Waals surface area contributed by atoms with E-state index in [4.69, 9.17) is 0 Å². The first-order valence-electron chi connectivity index (χ1n) is 6.45. The molecule has 0 unspecified atom stereocenters. The maximum absolute atomic E-state index is 12.0. The predicted molar refractivity (Wildman–Crippen MR) is 76.6 cm³/mol. The topological polar surface area (TPSA) is 17.1 Å². The maximum Gasteiger partial charge on any atom is 0.163 e. The molecule has 17 heavy (non-hydrogen) atoms. The first-order chi connectivity index (χ1) is 8.16. The van der Waals surface area contributed by atoms with Gasteiger partial charge in [-0.05, 0) is 25.0 Å². The van der Waals surface area contributed by atoms with Gasteiger partial charge in [0, 0.05) is 16.5 Å². The summed E-state index contributed by atoms with van der Waals surface area (Å²) in [5.41, 5.74) is 1.93. The van der Waals surface area contributed by atoms with Crippen molar-refractivity contribution in [3.8, 4) is 0 Å². The molecule has 1 nitrogen and oxygen atoms in total. The summed E-state index contributed by atoms with van der Waals surface area (Å²) in [7, 11) is 0. The molecule has 0 aliphatic heterocycles. The molecular formula is C15H21BrO. The van der Waals surface area contributed by atoms with Gasteiger partial charge in [0.2, 0.25) is 0 Å². The molecule has 0 amide bonds. The Morgan fingerprint density at radius 1 is 1.18 bits per heavy atom. The largest absolute Gasteiger partial charge is 0.294 e. The highest BCUT2D eigenvalue weighted by Gasteiger charge is 2.09. The van der Waals surface area contributed by atoms with E-state index >= 15 is 0 Å². The number of halogens is 1. The van der Waals surface area contributed by atoms with Gasteiger partial charge in [0.15, 0.2) is 5.78 Å². The standard InChI is InChI=1S/C15H21BrO/c1-3-4-5-6-7-11-15(17)13-9-8-10-14(16)12(13)2/h8-10H,3-7,11H2,1-2H3. The Kier molecular flexibility index (Phi) is 6.49. The summed E-state index contributed by atoms with van der Waals surface area (Å²) in [6.07, 6.45) is 6.66. The fourth-order valence-corrected chi connectivity index (χ4v) is 2.30. The molecule has 0 aliphatic carbocycles. The lowest BCUT2D eigenvalue weighted by molar-refractivity contribution is 0.0978. The number of benzene rings is 1. The second kappa shape index (κ2) is 7.65. The molecular weight excluding hydrogens is 276 g/mol. The van der Waals surface area contributed by atoms with Crippen LogP contribution in [-0.4, -0.2) is 5.78 Å². The van der Waals surface area contributed by atoms with Crippen molar-refractivity contribution in [1.29, 1.82) is 0 Å². The number of unbranched alkanes of at least 4 members (excludes halogenated alkanes) is 4. The SMILES string of the molecule is CCCCCCCC(=O)c1cccc(Br)c1C. The maximum atomic E-state index is 12.0. The molecule has 0 atom stereocenters. The summed E-state index contributed by atoms with van der Waals surface area (Å²) in [5.74, 6) is 0.278. The van der Waals surface area contributed by atoms with Crippen molar-refractivity contribution in [2.45, 2.75) is 52.4 Å². The molecule has 0 heterocycles. The zero-order chi connectivity index (χ0) is 12.7. The Hall–Kier alpha value is -0.630. The zero-order valence-electron chi connectivity index (χ0n) is 10.8. The summed E-state index contributed by atoms with van der Waals surface area (Å²) in [5, 5.41) is 0. The van der Waals surface area contributed by atoms with Crippen LogP contribution in [0, 0.1) is 6.92 Å². The van der Waals surface area contributed by atoms with E-state index in [0.717, 1.165) is 22.0 Å². The summed E-state index contributed by atoms with van der Waals surface area (Å²) in [6.45, 7) is 4.20. The van der Waals surface area contributed by atoms with Gasteiger partial charge in [0.25, 0.3) is 0 Å². The summed E-state index contributed by atoms with van der Waals surface area (Å²) in [4.78, 5) is 12.0. The molecule has 0 N–H and O–H groups in total. The molecule has 0 spiro atoms. The minimum atomic E-state index is 0.278. The van der Waals surface area contributed by atoms with Gasteiger partial charge < -0.3 is 0 Å². The predicted octanol–water partition coefficient (Wildman–Crippen LogP) is 5.30. The van der Waals surface area contributed by atoms with Crippen molar-refractivity contribution in [1.82, 2.24) is 0 Å². The first kappa shape index (κ1) is 14.4. The summed E-state index contributed by atoms with van der Waals surface area (Å²) < 4.78 is 1.02. The Labute approximate surface area is 113 Å². The fraction of sp³-hybridized carbons (Fsp3) is 0.533. The second-order valence-electron chi connectivity index (χ2n) is 4.50. The number of Topliss-reactive ketones (excluding diaryl/α,β-unsaturated/α-hetero) is 1. The van der Waals surface area contributed by atoms with E-state index in [-0.39, 0.29) is 5.78 Å². The number of carbonyl (C=O) groups excluding carboxylic acids is 1. The molecule has 1 aromatic carbocycles. The fourth-order valence-electron chi connectivity index (χ4n) is 1.93. The van der Waals surface area contributed by atoms with Crippen molar-refractivity contribution in [3.05, 3.63) is 33.8 Å². The minimum Gasteiger partial charge on any atom is -0.294 e. The Bertz CT molecular complexity index is 371. The van der Waals surface area contributed by atoms with Crippen LogP contribution in [0.1, 0.15) is 61.4 Å². The minimum absolute atomic E-state index is 0.278. The quantitative estimate of drug-likeness (QED) is 0.493. The van der Waals surface area contributed by atoms with Crippen molar-refractivity contribution in [2.75, 3.05) is 0 Å². The Balaban J connectivity index is 2.44. The van der Waals surface area contributed by atoms with E-state index in [1.807, 2.05) is 25.1 Å². The van der Waals surface area contributed by atoms with E-state index < -0.39 is 0 Å². The molecule has 1 rings (SSSR count). The highest BCUT2D eigenvalue weighted by Crippen LogP contribution is 2.21. The molecule has 0 saturated carbocycles. The van der Waals surface area contributed by atoms with Crippen molar-refractivity contribution < 1.29 is 4.79 Å². The molecule has 2 heteroatoms. The highest BCUT2D eigenvalue weighted by molar-refractivity contribution is 9.10. The van der Waals surface area contributed by atoms with Crippen LogP contribution < -0.4 is 0 Å². The van der Waals surface area contributed by atoms with Crippen molar-refractivity contribution in [3.63, 3.8) is 0 Å². The summed E-state index contributed by atoms with van der Waals surface area (Å²) >= 11 is 3.46. The van der Waals surface area contributed by atoms with Crippen molar-refractivity contribution >= 4 is 21.7 Å². The van der Waals surface area contributed by atoms with Crippen LogP contribution in [0.3, 0.4) is 0 Å². The number of carbonyl (C=O) groups is 1. The van der Waals surface area contributed by atoms with Crippen LogP contribution in [0.5, 0.6) is 0 Å². The van der Waals surface area contributed by atoms with Crippen LogP contribution >= 0.6 is 15.9 Å². The molecule has 0 fully saturated rings. The van der Waals surface area contributed by atoms with E-state index in [2.05, 4.69) is 22.9 Å². The van der Waals surface area contributed by atoms with Gasteiger partial charge in [-0.3, -0.25) is 4.79 Å². The van der Waals surface area contributed by atoms with Crippen molar-refractivity contribution in [2.24, 2.45) is 0 Å². The zero-order valence-corrected chi connectivity index (χ0v) is 12.3. The average molecular weight is 297 g/mol. The monoisotopic (exact) mass is 296 g/mol. The van der Waals surface area contributed by atoms with Crippen LogP contribution in [0.2, 0.25) is 0 Å². The molecule has 0 aliphatic rings. The van der Waals surface area contributed by atoms with E-state index in [1.54, 1.807) is 0 Å². The van der Waals surface area contributed by atoms with Crippen LogP contribution in [0.25, 0.3) is 0 Å². The third-order valence-electron chi connectivity index (χ3n) is 3.08. The molecule has 0 aromatic heterocycles. The van der Waals surface area contributed by atoms with Gasteiger partial charge in [0.1, 0.15) is 0 Å². The summed E-state index contributed by atoms with van der Waals surface area (Å²) in [6, 6.07) is 5.84.